The van der Waals surface area contributed by atoms with Gasteiger partial charge in [0.05, 0.1) is 19.5 Å². The summed E-state index contributed by atoms with van der Waals surface area (Å²) in [6, 6.07) is 12.5. The number of rotatable bonds is 5. The number of halogens is 2. The molecule has 0 amide bonds. The molecule has 0 aliphatic heterocycles. The maximum Gasteiger partial charge on any atom is 0.269 e. The summed E-state index contributed by atoms with van der Waals surface area (Å²) in [6.07, 6.45) is 0. The van der Waals surface area contributed by atoms with Crippen LogP contribution in [-0.4, -0.2) is 9.85 Å². The highest BCUT2D eigenvalue weighted by molar-refractivity contribution is 9.12. The van der Waals surface area contributed by atoms with E-state index in [1.165, 1.54) is 24.3 Å². The van der Waals surface area contributed by atoms with Gasteiger partial charge in [0.25, 0.3) is 11.4 Å². The molecule has 2 aromatic carbocycles. The normalized spacial score (nSPS) is 13.4. The van der Waals surface area contributed by atoms with Crippen LogP contribution in [0.2, 0.25) is 0 Å². The lowest BCUT2D eigenvalue weighted by molar-refractivity contribution is -0.385. The zero-order chi connectivity index (χ0) is 16.3. The van der Waals surface area contributed by atoms with Crippen molar-refractivity contribution < 1.29 is 9.85 Å². The van der Waals surface area contributed by atoms with E-state index in [9.17, 15) is 20.2 Å². The Morgan fingerprint density at radius 2 is 0.955 bits per heavy atom. The standard InChI is InChI=1S/C14H10Br2N2O4/c15-13(9-1-5-11(6-2-9)17(19)20)14(16)10-3-7-12(8-4-10)18(21)22/h1-8,13-14H. The van der Waals surface area contributed by atoms with Crippen LogP contribution in [0.1, 0.15) is 20.8 Å². The highest BCUT2D eigenvalue weighted by Crippen LogP contribution is 2.42. The third-order valence-electron chi connectivity index (χ3n) is 3.10. The number of alkyl halides is 2. The average molecular weight is 430 g/mol. The molecule has 2 aromatic rings. The summed E-state index contributed by atoms with van der Waals surface area (Å²) >= 11 is 7.09. The number of non-ortho nitro benzene ring substituents is 2. The fourth-order valence-electron chi connectivity index (χ4n) is 1.90. The van der Waals surface area contributed by atoms with Gasteiger partial charge in [-0.2, -0.15) is 0 Å². The van der Waals surface area contributed by atoms with Crippen LogP contribution in [0.4, 0.5) is 11.4 Å². The molecule has 2 rings (SSSR count). The molecule has 0 radical (unpaired) electrons. The minimum absolute atomic E-state index is 0.0323. The van der Waals surface area contributed by atoms with Crippen molar-refractivity contribution in [3.05, 3.63) is 79.9 Å². The third-order valence-corrected chi connectivity index (χ3v) is 5.93. The van der Waals surface area contributed by atoms with Gasteiger partial charge in [-0.05, 0) is 11.1 Å². The Hall–Kier alpha value is -1.80. The quantitative estimate of drug-likeness (QED) is 0.377. The predicted molar refractivity (Wildman–Crippen MR) is 89.5 cm³/mol. The van der Waals surface area contributed by atoms with Crippen LogP contribution in [-0.2, 0) is 0 Å². The molecule has 114 valence electrons. The second-order valence-corrected chi connectivity index (χ2v) is 6.47. The van der Waals surface area contributed by atoms with Gasteiger partial charge >= 0.3 is 0 Å². The van der Waals surface area contributed by atoms with E-state index in [1.54, 1.807) is 24.3 Å². The Morgan fingerprint density at radius 3 is 1.18 bits per heavy atom. The first-order valence-electron chi connectivity index (χ1n) is 6.17. The summed E-state index contributed by atoms with van der Waals surface area (Å²) in [7, 11) is 0. The highest BCUT2D eigenvalue weighted by Gasteiger charge is 2.21. The Labute approximate surface area is 142 Å². The molecule has 0 aliphatic carbocycles. The van der Waals surface area contributed by atoms with E-state index < -0.39 is 9.85 Å². The monoisotopic (exact) mass is 428 g/mol. The molecule has 0 aromatic heterocycles. The first-order valence-corrected chi connectivity index (χ1v) is 8.00. The summed E-state index contributed by atoms with van der Waals surface area (Å²) in [6.45, 7) is 0. The first-order chi connectivity index (χ1) is 10.4. The summed E-state index contributed by atoms with van der Waals surface area (Å²) in [5.74, 6) is 0. The van der Waals surface area contributed by atoms with Crippen LogP contribution in [0.15, 0.2) is 48.5 Å². The lowest BCUT2D eigenvalue weighted by atomic mass is 10.0. The van der Waals surface area contributed by atoms with Crippen molar-refractivity contribution in [2.45, 2.75) is 9.65 Å². The molecule has 22 heavy (non-hydrogen) atoms. The van der Waals surface area contributed by atoms with Gasteiger partial charge in [0.2, 0.25) is 0 Å². The summed E-state index contributed by atoms with van der Waals surface area (Å²) < 4.78 is 0. The van der Waals surface area contributed by atoms with Crippen LogP contribution in [0.3, 0.4) is 0 Å². The number of nitrogens with zero attached hydrogens (tertiary/aromatic N) is 2. The molecule has 2 unspecified atom stereocenters. The highest BCUT2D eigenvalue weighted by atomic mass is 79.9. The zero-order valence-electron chi connectivity index (χ0n) is 11.1. The van der Waals surface area contributed by atoms with Gasteiger partial charge in [-0.25, -0.2) is 0 Å². The van der Waals surface area contributed by atoms with Gasteiger partial charge in [0.1, 0.15) is 0 Å². The van der Waals surface area contributed by atoms with Gasteiger partial charge in [-0.15, -0.1) is 0 Å². The number of hydrogen-bond donors (Lipinski definition) is 0. The fraction of sp³-hybridized carbons (Fsp3) is 0.143. The number of nitro groups is 2. The van der Waals surface area contributed by atoms with Crippen molar-refractivity contribution in [2.24, 2.45) is 0 Å². The first kappa shape index (κ1) is 16.6. The smallest absolute Gasteiger partial charge is 0.258 e. The molecule has 6 nitrogen and oxygen atoms in total. The Morgan fingerprint density at radius 1 is 0.682 bits per heavy atom. The zero-order valence-corrected chi connectivity index (χ0v) is 14.2. The van der Waals surface area contributed by atoms with Gasteiger partial charge in [0, 0.05) is 24.3 Å². The van der Waals surface area contributed by atoms with Gasteiger partial charge in [-0.1, -0.05) is 56.1 Å². The van der Waals surface area contributed by atoms with Crippen LogP contribution in [0.25, 0.3) is 0 Å². The van der Waals surface area contributed by atoms with Crippen molar-refractivity contribution in [1.82, 2.24) is 0 Å². The van der Waals surface area contributed by atoms with Crippen molar-refractivity contribution in [1.29, 1.82) is 0 Å². The van der Waals surface area contributed by atoms with Gasteiger partial charge in [-0.3, -0.25) is 20.2 Å². The maximum absolute atomic E-state index is 10.7. The summed E-state index contributed by atoms with van der Waals surface area (Å²) in [4.78, 5) is 20.1. The predicted octanol–water partition coefficient (Wildman–Crippen LogP) is 5.08. The molecule has 0 heterocycles. The summed E-state index contributed by atoms with van der Waals surface area (Å²) in [5.41, 5.74) is 1.80. The topological polar surface area (TPSA) is 86.3 Å². The van der Waals surface area contributed by atoms with Crippen molar-refractivity contribution in [3.8, 4) is 0 Å². The molecule has 0 saturated carbocycles. The second-order valence-electron chi connectivity index (χ2n) is 4.50. The van der Waals surface area contributed by atoms with E-state index in [2.05, 4.69) is 31.9 Å². The van der Waals surface area contributed by atoms with E-state index in [0.29, 0.717) is 0 Å². The number of benzene rings is 2. The van der Waals surface area contributed by atoms with Crippen LogP contribution in [0, 0.1) is 20.2 Å². The van der Waals surface area contributed by atoms with Gasteiger partial charge < -0.3 is 0 Å². The van der Waals surface area contributed by atoms with E-state index in [0.717, 1.165) is 11.1 Å². The van der Waals surface area contributed by atoms with E-state index >= 15 is 0 Å². The molecule has 2 atom stereocenters. The van der Waals surface area contributed by atoms with E-state index in [-0.39, 0.29) is 21.0 Å². The Balaban J connectivity index is 2.18. The largest absolute Gasteiger partial charge is 0.269 e. The molecule has 0 fully saturated rings. The molecule has 0 saturated heterocycles. The maximum atomic E-state index is 10.7. The van der Waals surface area contributed by atoms with E-state index in [4.69, 9.17) is 0 Å². The lowest BCUT2D eigenvalue weighted by Crippen LogP contribution is -2.00. The minimum Gasteiger partial charge on any atom is -0.258 e. The lowest BCUT2D eigenvalue weighted by Gasteiger charge is -2.17. The van der Waals surface area contributed by atoms with Crippen LogP contribution >= 0.6 is 31.9 Å². The van der Waals surface area contributed by atoms with Crippen molar-refractivity contribution >= 4 is 43.2 Å². The Bertz CT molecular complexity index is 627. The molecule has 8 heteroatoms. The molecular formula is C14H10Br2N2O4. The SMILES string of the molecule is O=[N+]([O-])c1ccc(C(Br)C(Br)c2ccc([N+](=O)[O-])cc2)cc1. The molecule has 0 aliphatic rings. The van der Waals surface area contributed by atoms with Crippen molar-refractivity contribution in [3.63, 3.8) is 0 Å². The summed E-state index contributed by atoms with van der Waals surface area (Å²) in [5, 5.41) is 21.3. The number of hydrogen-bond acceptors (Lipinski definition) is 4. The second kappa shape index (κ2) is 6.97. The van der Waals surface area contributed by atoms with Crippen molar-refractivity contribution in [2.75, 3.05) is 0 Å². The van der Waals surface area contributed by atoms with Crippen LogP contribution in [0.5, 0.6) is 0 Å². The molecule has 0 N–H and O–H groups in total. The minimum atomic E-state index is -0.449. The van der Waals surface area contributed by atoms with Gasteiger partial charge in [0.15, 0.2) is 0 Å². The fourth-order valence-corrected chi connectivity index (χ4v) is 3.12. The Kier molecular flexibility index (Phi) is 5.25. The average Bonchev–Trinajstić information content (AvgIpc) is 2.53. The molecule has 0 bridgehead atoms. The third kappa shape index (κ3) is 3.69. The molecular weight excluding hydrogens is 420 g/mol. The van der Waals surface area contributed by atoms with E-state index in [1.807, 2.05) is 0 Å². The number of nitro benzene ring substituents is 2. The molecule has 0 spiro atoms. The van der Waals surface area contributed by atoms with Crippen LogP contribution < -0.4 is 0 Å².